The van der Waals surface area contributed by atoms with Gasteiger partial charge in [0.15, 0.2) is 12.7 Å². The Balaban J connectivity index is 1.38. The van der Waals surface area contributed by atoms with Crippen LogP contribution in [0.1, 0.15) is 46.0 Å². The van der Waals surface area contributed by atoms with Gasteiger partial charge in [0.1, 0.15) is 18.1 Å². The Morgan fingerprint density at radius 1 is 1.30 bits per heavy atom. The minimum atomic E-state index is -1.91. The smallest absolute Gasteiger partial charge is 0.353 e. The molecule has 0 aliphatic carbocycles. The zero-order valence-electron chi connectivity index (χ0n) is 24.1. The molecule has 0 saturated carbocycles. The van der Waals surface area contributed by atoms with Crippen molar-refractivity contribution < 1.29 is 23.7 Å². The molecule has 3 aromatic rings. The maximum absolute atomic E-state index is 13.4. The highest BCUT2D eigenvalue weighted by Crippen LogP contribution is 2.53. The van der Waals surface area contributed by atoms with E-state index in [9.17, 15) is 14.7 Å². The number of aromatic nitrogens is 3. The molecule has 0 unspecified atom stereocenters. The van der Waals surface area contributed by atoms with Crippen LogP contribution in [0.4, 0.5) is 0 Å². The van der Waals surface area contributed by atoms with Crippen molar-refractivity contribution in [3.8, 4) is 0 Å². The van der Waals surface area contributed by atoms with Gasteiger partial charge in [-0.05, 0) is 36.7 Å². The molecule has 1 aromatic carbocycles. The van der Waals surface area contributed by atoms with Crippen molar-refractivity contribution in [2.45, 2.75) is 89.1 Å². The van der Waals surface area contributed by atoms with Crippen LogP contribution in [0.2, 0.25) is 18.1 Å². The van der Waals surface area contributed by atoms with E-state index in [0.29, 0.717) is 4.91 Å². The average molecular weight is 600 g/mol. The first-order valence-electron chi connectivity index (χ1n) is 14.2. The van der Waals surface area contributed by atoms with Crippen LogP contribution in [0, 0.1) is 18.8 Å². The van der Waals surface area contributed by atoms with Crippen LogP contribution in [0.3, 0.4) is 0 Å². The van der Waals surface area contributed by atoms with Crippen molar-refractivity contribution in [3.05, 3.63) is 52.6 Å². The fraction of sp³-hybridized carbons (Fsp3) is 0.517. The number of hydrogen-bond donors (Lipinski definition) is 2. The van der Waals surface area contributed by atoms with Crippen LogP contribution in [-0.4, -0.2) is 52.3 Å². The van der Waals surface area contributed by atoms with E-state index in [0.717, 1.165) is 51.5 Å². The van der Waals surface area contributed by atoms with Gasteiger partial charge >= 0.3 is 5.97 Å². The lowest BCUT2D eigenvalue weighted by atomic mass is 9.79. The molecule has 1 fully saturated rings. The third-order valence-corrected chi connectivity index (χ3v) is 16.0. The first-order chi connectivity index (χ1) is 19.1. The monoisotopic (exact) mass is 599 g/mol. The fourth-order valence-electron chi connectivity index (χ4n) is 6.36. The van der Waals surface area contributed by atoms with Crippen LogP contribution >= 0.6 is 23.1 Å². The Hall–Kier alpha value is -2.47. The number of rotatable bonds is 12. The number of imidazole rings is 1. The Labute approximate surface area is 245 Å². The number of H-pyrrole nitrogens is 1. The van der Waals surface area contributed by atoms with E-state index in [2.05, 4.69) is 55.4 Å². The lowest BCUT2D eigenvalue weighted by Crippen LogP contribution is -2.65. The average Bonchev–Trinajstić information content (AvgIpc) is 3.61. The maximum Gasteiger partial charge on any atom is 0.353 e. The van der Waals surface area contributed by atoms with E-state index in [-0.39, 0.29) is 35.6 Å². The van der Waals surface area contributed by atoms with Gasteiger partial charge in [0.25, 0.3) is 5.82 Å². The summed E-state index contributed by atoms with van der Waals surface area (Å²) in [4.78, 5) is 36.3. The van der Waals surface area contributed by atoms with Gasteiger partial charge in [0, 0.05) is 24.2 Å². The summed E-state index contributed by atoms with van der Waals surface area (Å²) < 4.78 is 10.7. The topological polar surface area (TPSA) is 99.4 Å². The van der Waals surface area contributed by atoms with Crippen LogP contribution in [0.25, 0.3) is 10.2 Å². The van der Waals surface area contributed by atoms with Gasteiger partial charge in [-0.2, -0.15) is 0 Å². The largest absolute Gasteiger partial charge is 0.477 e. The molecule has 2 aliphatic rings. The summed E-state index contributed by atoms with van der Waals surface area (Å²) in [6, 6.07) is 9.08. The number of benzene rings is 1. The number of thiazole rings is 1. The van der Waals surface area contributed by atoms with Crippen LogP contribution in [0.15, 0.2) is 45.5 Å². The van der Waals surface area contributed by atoms with Gasteiger partial charge in [-0.25, -0.2) is 19.3 Å². The molecule has 0 radical (unpaired) electrons. The van der Waals surface area contributed by atoms with Crippen molar-refractivity contribution in [1.82, 2.24) is 14.9 Å². The van der Waals surface area contributed by atoms with E-state index < -0.39 is 14.3 Å². The van der Waals surface area contributed by atoms with E-state index in [1.165, 1.54) is 22.2 Å². The molecule has 214 valence electrons. The minimum absolute atomic E-state index is 0.106. The van der Waals surface area contributed by atoms with E-state index in [1.54, 1.807) is 11.3 Å². The molecule has 1 amide bonds. The molecule has 4 heterocycles. The number of nitrogens with one attached hydrogen (secondary N) is 1. The number of thioether (sulfide) groups is 1. The number of para-hydroxylation sites is 1. The summed E-state index contributed by atoms with van der Waals surface area (Å²) in [6.07, 6.45) is 4.59. The Kier molecular flexibility index (Phi) is 8.29. The first kappa shape index (κ1) is 29.0. The molecule has 0 spiro atoms. The molecule has 11 heteroatoms. The van der Waals surface area contributed by atoms with Crippen LogP contribution in [0.5, 0.6) is 0 Å². The summed E-state index contributed by atoms with van der Waals surface area (Å²) in [5, 5.41) is 10.2. The summed E-state index contributed by atoms with van der Waals surface area (Å²) >= 11 is 2.99. The standard InChI is InChI=1S/C29H38N4O4S2Si/c1-7-40(8-2,9-3)37-18(5)22-24-17(4)26(25(28(35)36)33(24)27(22)34)39-29-31-23-20(11-10-12-21(23)38-29)13-15-32-16-14-30-19(32)6/h10-12,14,16-18,22,24H,7-9,13,15H2,1-6H3,(H,35,36)/p+1/t17-,18-,22-,24-/m1/s1. The lowest BCUT2D eigenvalue weighted by Gasteiger charge is -2.49. The molecule has 2 aromatic heterocycles. The Morgan fingerprint density at radius 3 is 2.65 bits per heavy atom. The number of fused-ring (bicyclic) bond motifs is 2. The number of carboxylic acid groups (broad SMARTS) is 1. The molecular weight excluding hydrogens is 561 g/mol. The van der Waals surface area contributed by atoms with E-state index >= 15 is 0 Å². The normalized spacial score (nSPS) is 21.7. The second-order valence-electron chi connectivity index (χ2n) is 10.9. The minimum Gasteiger partial charge on any atom is -0.477 e. The van der Waals surface area contributed by atoms with Crippen molar-refractivity contribution in [2.75, 3.05) is 0 Å². The van der Waals surface area contributed by atoms with Gasteiger partial charge in [-0.1, -0.05) is 51.6 Å². The van der Waals surface area contributed by atoms with Crippen molar-refractivity contribution in [1.29, 1.82) is 0 Å². The van der Waals surface area contributed by atoms with Crippen LogP contribution < -0.4 is 4.57 Å². The maximum atomic E-state index is 13.4. The Morgan fingerprint density at radius 2 is 2.02 bits per heavy atom. The van der Waals surface area contributed by atoms with Crippen molar-refractivity contribution in [3.63, 3.8) is 0 Å². The van der Waals surface area contributed by atoms with Crippen molar-refractivity contribution >= 4 is 53.5 Å². The molecule has 4 atom stereocenters. The number of β-lactam (4-membered cyclic amide) rings is 1. The number of aryl methyl sites for hydroxylation is 3. The molecule has 1 saturated heterocycles. The lowest BCUT2D eigenvalue weighted by molar-refractivity contribution is -0.701. The number of hydrogen-bond acceptors (Lipinski definition) is 6. The summed E-state index contributed by atoms with van der Waals surface area (Å²) in [5.41, 5.74) is 2.24. The van der Waals surface area contributed by atoms with E-state index in [1.807, 2.05) is 26.2 Å². The first-order valence-corrected chi connectivity index (χ1v) is 18.4. The number of carboxylic acids is 1. The van der Waals surface area contributed by atoms with Gasteiger partial charge in [-0.15, -0.1) is 11.3 Å². The third-order valence-electron chi connectivity index (χ3n) is 8.95. The van der Waals surface area contributed by atoms with Gasteiger partial charge in [0.2, 0.25) is 5.91 Å². The molecule has 5 rings (SSSR count). The van der Waals surface area contributed by atoms with Gasteiger partial charge < -0.3 is 14.4 Å². The summed E-state index contributed by atoms with van der Waals surface area (Å²) in [7, 11) is -1.91. The van der Waals surface area contributed by atoms with Gasteiger partial charge in [-0.3, -0.25) is 4.79 Å². The second-order valence-corrected chi connectivity index (χ2v) is 18.0. The Bertz CT molecular complexity index is 1450. The number of carbonyl (C=O) groups excluding carboxylic acids is 1. The third kappa shape index (κ3) is 4.95. The molecule has 0 bridgehead atoms. The molecule has 2 N–H and O–H groups in total. The predicted molar refractivity (Wildman–Crippen MR) is 161 cm³/mol. The summed E-state index contributed by atoms with van der Waals surface area (Å²) in [6.45, 7) is 13.5. The second kappa shape index (κ2) is 11.4. The highest BCUT2D eigenvalue weighted by molar-refractivity contribution is 8.04. The molecule has 2 aliphatic heterocycles. The number of aliphatic carboxylic acids is 1. The predicted octanol–water partition coefficient (Wildman–Crippen LogP) is 5.74. The van der Waals surface area contributed by atoms with Crippen molar-refractivity contribution in [2.24, 2.45) is 11.8 Å². The SMILES string of the molecule is CC[Si](CC)(CC)O[C@H](C)[C@H]1C(=O)N2C(C(=O)O)=C(Sc3nc4c(CC[n+]5cc[nH]c5C)cccc4s3)[C@H](C)[C@H]12. The molecule has 8 nitrogen and oxygen atoms in total. The number of nitrogens with zero attached hydrogens (tertiary/aromatic N) is 3. The quantitative estimate of drug-likeness (QED) is 0.157. The number of aromatic amines is 1. The fourth-order valence-corrected chi connectivity index (χ4v) is 11.7. The molecular formula is C29H39N4O4S2Si+. The highest BCUT2D eigenvalue weighted by Gasteiger charge is 2.61. The number of amides is 1. The van der Waals surface area contributed by atoms with Gasteiger partial charge in [0.05, 0.1) is 34.8 Å². The highest BCUT2D eigenvalue weighted by atomic mass is 32.2. The molecule has 40 heavy (non-hydrogen) atoms. The zero-order chi connectivity index (χ0) is 28.8. The number of carbonyl (C=O) groups is 2. The van der Waals surface area contributed by atoms with E-state index in [4.69, 9.17) is 9.41 Å². The van der Waals surface area contributed by atoms with Crippen LogP contribution in [-0.2, 0) is 27.0 Å². The zero-order valence-corrected chi connectivity index (χ0v) is 26.7. The summed E-state index contributed by atoms with van der Waals surface area (Å²) in [5.74, 6) is -0.514.